The highest BCUT2D eigenvalue weighted by Crippen LogP contribution is 2.35. The Kier molecular flexibility index (Phi) is 4.99. The number of aryl methyl sites for hydroxylation is 1. The first-order valence-electron chi connectivity index (χ1n) is 10.2. The number of carbonyl (C=O) groups is 2. The zero-order valence-electron chi connectivity index (χ0n) is 17.1. The van der Waals surface area contributed by atoms with E-state index in [0.29, 0.717) is 36.5 Å². The highest BCUT2D eigenvalue weighted by molar-refractivity contribution is 5.97. The van der Waals surface area contributed by atoms with Crippen LogP contribution < -0.4 is 10.1 Å². The van der Waals surface area contributed by atoms with Gasteiger partial charge in [0, 0.05) is 23.9 Å². The number of amides is 1. The van der Waals surface area contributed by atoms with E-state index in [0.717, 1.165) is 28.8 Å². The quantitative estimate of drug-likeness (QED) is 0.484. The molecule has 1 aliphatic carbocycles. The van der Waals surface area contributed by atoms with E-state index < -0.39 is 12.1 Å². The molecule has 1 amide bonds. The van der Waals surface area contributed by atoms with E-state index in [1.165, 1.54) is 18.2 Å². The Morgan fingerprint density at radius 2 is 2.03 bits per heavy atom. The van der Waals surface area contributed by atoms with Crippen molar-refractivity contribution in [3.8, 4) is 17.0 Å². The molecule has 7 nitrogen and oxygen atoms in total. The fourth-order valence-corrected chi connectivity index (χ4v) is 4.03. The summed E-state index contributed by atoms with van der Waals surface area (Å²) in [5, 5.41) is 7.52. The summed E-state index contributed by atoms with van der Waals surface area (Å²) in [4.78, 5) is 27.8. The van der Waals surface area contributed by atoms with E-state index in [2.05, 4.69) is 20.1 Å². The van der Waals surface area contributed by atoms with Gasteiger partial charge in [0.05, 0.1) is 17.9 Å². The minimum atomic E-state index is -5.06. The van der Waals surface area contributed by atoms with Gasteiger partial charge in [-0.1, -0.05) is 18.2 Å². The van der Waals surface area contributed by atoms with Crippen LogP contribution in [-0.2, 0) is 24.2 Å². The fourth-order valence-electron chi connectivity index (χ4n) is 4.03. The number of esters is 1. The molecule has 1 aromatic carbocycles. The molecule has 0 atom stereocenters. The minimum absolute atomic E-state index is 0.112. The Balaban J connectivity index is 1.42. The molecular weight excluding hydrogens is 437 g/mol. The Labute approximate surface area is 185 Å². The summed E-state index contributed by atoms with van der Waals surface area (Å²) >= 11 is 0. The third kappa shape index (κ3) is 3.99. The molecule has 10 heteroatoms. The number of alkyl halides is 3. The van der Waals surface area contributed by atoms with Crippen molar-refractivity contribution < 1.29 is 27.5 Å². The number of carbonyl (C=O) groups excluding carboxylic acids is 2. The number of pyridine rings is 1. The van der Waals surface area contributed by atoms with Gasteiger partial charge in [0.2, 0.25) is 0 Å². The average Bonchev–Trinajstić information content (AvgIpc) is 3.18. The summed E-state index contributed by atoms with van der Waals surface area (Å²) in [6.07, 6.45) is 1.54. The number of hydrogen-bond donors (Lipinski definition) is 1. The van der Waals surface area contributed by atoms with Gasteiger partial charge in [0.1, 0.15) is 11.4 Å². The van der Waals surface area contributed by atoms with E-state index in [9.17, 15) is 22.8 Å². The summed E-state index contributed by atoms with van der Waals surface area (Å²) < 4.78 is 43.4. The molecule has 0 saturated carbocycles. The lowest BCUT2D eigenvalue weighted by Gasteiger charge is -2.17. The lowest BCUT2D eigenvalue weighted by molar-refractivity contribution is -0.189. The Morgan fingerprint density at radius 1 is 1.18 bits per heavy atom. The maximum atomic E-state index is 12.4. The number of fused-ring (bicyclic) bond motifs is 5. The van der Waals surface area contributed by atoms with Crippen LogP contribution in [0.2, 0.25) is 0 Å². The standard InChI is InChI=1S/C23H17F3N4O3/c24-23(25,26)22(32)33-16-3-1-2-13(10-16)4-6-15-11-18-14(12-28-15)5-7-17-19(18)29-30-9-8-27-21(31)20(17)30/h1-4,6,10-12H,5,7-9H2,(H,27,31)/b6-4+. The SMILES string of the molecule is O=C1NCCn2nc3c(c21)CCc1cnc(/C=C/c2cccc(OC(=O)C(F)(F)F)c2)cc1-3. The van der Waals surface area contributed by atoms with E-state index in [1.807, 2.05) is 6.07 Å². The largest absolute Gasteiger partial charge is 0.491 e. The van der Waals surface area contributed by atoms with Crippen molar-refractivity contribution >= 4 is 24.0 Å². The number of nitrogens with one attached hydrogen (secondary N) is 1. The summed E-state index contributed by atoms with van der Waals surface area (Å²) in [5.74, 6) is -2.59. The molecule has 2 aliphatic rings. The summed E-state index contributed by atoms with van der Waals surface area (Å²) in [6, 6.07) is 7.65. The van der Waals surface area contributed by atoms with E-state index in [-0.39, 0.29) is 11.7 Å². The van der Waals surface area contributed by atoms with Crippen LogP contribution in [0.25, 0.3) is 23.4 Å². The van der Waals surface area contributed by atoms with E-state index in [1.54, 1.807) is 29.1 Å². The topological polar surface area (TPSA) is 86.1 Å². The second-order valence-electron chi connectivity index (χ2n) is 7.71. The average molecular weight is 454 g/mol. The van der Waals surface area contributed by atoms with Crippen molar-refractivity contribution in [2.24, 2.45) is 0 Å². The van der Waals surface area contributed by atoms with E-state index >= 15 is 0 Å². The van der Waals surface area contributed by atoms with Crippen molar-refractivity contribution in [1.29, 1.82) is 0 Å². The minimum Gasteiger partial charge on any atom is -0.420 e. The van der Waals surface area contributed by atoms with Crippen LogP contribution in [0.15, 0.2) is 36.5 Å². The number of hydrogen-bond acceptors (Lipinski definition) is 5. The fraction of sp³-hybridized carbons (Fsp3) is 0.217. The van der Waals surface area contributed by atoms with Crippen molar-refractivity contribution in [1.82, 2.24) is 20.1 Å². The second kappa shape index (κ2) is 7.88. The van der Waals surface area contributed by atoms with Crippen molar-refractivity contribution in [2.75, 3.05) is 6.54 Å². The molecule has 33 heavy (non-hydrogen) atoms. The van der Waals surface area contributed by atoms with Gasteiger partial charge in [-0.25, -0.2) is 4.79 Å². The summed E-state index contributed by atoms with van der Waals surface area (Å²) in [5.41, 5.74) is 5.43. The molecule has 0 spiro atoms. The Morgan fingerprint density at radius 3 is 2.85 bits per heavy atom. The number of aromatic nitrogens is 3. The summed E-state index contributed by atoms with van der Waals surface area (Å²) in [7, 11) is 0. The third-order valence-electron chi connectivity index (χ3n) is 5.53. The van der Waals surface area contributed by atoms with Crippen LogP contribution in [0.3, 0.4) is 0 Å². The molecule has 0 fully saturated rings. The van der Waals surface area contributed by atoms with E-state index in [4.69, 9.17) is 0 Å². The van der Waals surface area contributed by atoms with Crippen LogP contribution in [0.1, 0.15) is 32.9 Å². The molecule has 1 aliphatic heterocycles. The third-order valence-corrected chi connectivity index (χ3v) is 5.53. The number of benzene rings is 1. The van der Waals surface area contributed by atoms with Crippen LogP contribution in [0, 0.1) is 0 Å². The first kappa shape index (κ1) is 20.9. The first-order valence-corrected chi connectivity index (χ1v) is 10.2. The highest BCUT2D eigenvalue weighted by Gasteiger charge is 2.41. The van der Waals surface area contributed by atoms with Gasteiger partial charge < -0.3 is 10.1 Å². The molecule has 3 heterocycles. The van der Waals surface area contributed by atoms with Crippen LogP contribution >= 0.6 is 0 Å². The van der Waals surface area contributed by atoms with Gasteiger partial charge in [-0.05, 0) is 48.2 Å². The lowest BCUT2D eigenvalue weighted by Crippen LogP contribution is -2.36. The predicted octanol–water partition coefficient (Wildman–Crippen LogP) is 3.43. The van der Waals surface area contributed by atoms with Crippen LogP contribution in [0.5, 0.6) is 5.75 Å². The highest BCUT2D eigenvalue weighted by atomic mass is 19.4. The Bertz CT molecular complexity index is 1310. The molecule has 1 N–H and O–H groups in total. The predicted molar refractivity (Wildman–Crippen MR) is 112 cm³/mol. The van der Waals surface area contributed by atoms with Crippen LogP contribution in [-0.4, -0.2) is 39.4 Å². The van der Waals surface area contributed by atoms with Gasteiger partial charge in [-0.15, -0.1) is 0 Å². The van der Waals surface area contributed by atoms with Gasteiger partial charge in [-0.3, -0.25) is 14.5 Å². The van der Waals surface area contributed by atoms with Gasteiger partial charge >= 0.3 is 12.1 Å². The molecule has 0 radical (unpaired) electrons. The molecule has 0 saturated heterocycles. The molecular formula is C23H17F3N4O3. The first-order chi connectivity index (χ1) is 15.8. The number of rotatable bonds is 3. The molecule has 0 bridgehead atoms. The number of halogens is 3. The smallest absolute Gasteiger partial charge is 0.420 e. The molecule has 0 unspecified atom stereocenters. The monoisotopic (exact) mass is 454 g/mol. The molecule has 168 valence electrons. The molecule has 3 aromatic rings. The van der Waals surface area contributed by atoms with Crippen molar-refractivity contribution in [2.45, 2.75) is 25.6 Å². The Hall–Kier alpha value is -3.95. The zero-order chi connectivity index (χ0) is 23.2. The maximum absolute atomic E-state index is 12.4. The molecule has 5 rings (SSSR count). The number of nitrogens with zero attached hydrogens (tertiary/aromatic N) is 3. The van der Waals surface area contributed by atoms with Crippen molar-refractivity contribution in [3.63, 3.8) is 0 Å². The van der Waals surface area contributed by atoms with Gasteiger partial charge in [0.25, 0.3) is 5.91 Å². The summed E-state index contributed by atoms with van der Waals surface area (Å²) in [6.45, 7) is 1.16. The van der Waals surface area contributed by atoms with Crippen LogP contribution in [0.4, 0.5) is 13.2 Å². The lowest BCUT2D eigenvalue weighted by atomic mass is 9.89. The maximum Gasteiger partial charge on any atom is 0.491 e. The normalized spacial score (nSPS) is 14.9. The second-order valence-corrected chi connectivity index (χ2v) is 7.71. The van der Waals surface area contributed by atoms with Crippen molar-refractivity contribution in [3.05, 3.63) is 64.6 Å². The van der Waals surface area contributed by atoms with Gasteiger partial charge in [0.15, 0.2) is 0 Å². The van der Waals surface area contributed by atoms with Gasteiger partial charge in [-0.2, -0.15) is 18.3 Å². The molecule has 2 aromatic heterocycles. The number of ether oxygens (including phenoxy) is 1. The zero-order valence-corrected chi connectivity index (χ0v) is 17.1.